The fourth-order valence-electron chi connectivity index (χ4n) is 3.98. The van der Waals surface area contributed by atoms with Crippen LogP contribution >= 0.6 is 0 Å². The van der Waals surface area contributed by atoms with Crippen molar-refractivity contribution in [3.05, 3.63) is 0 Å². The van der Waals surface area contributed by atoms with Crippen LogP contribution in [-0.4, -0.2) is 12.1 Å². The molecule has 1 heteroatoms. The third-order valence-corrected chi connectivity index (χ3v) is 5.04. The Labute approximate surface area is 87.7 Å². The van der Waals surface area contributed by atoms with Crippen LogP contribution in [-0.2, 0) is 0 Å². The molecule has 80 valence electrons. The lowest BCUT2D eigenvalue weighted by Gasteiger charge is -2.35. The highest BCUT2D eigenvalue weighted by Crippen LogP contribution is 2.49. The molecule has 0 aliphatic heterocycles. The van der Waals surface area contributed by atoms with Crippen LogP contribution in [0.3, 0.4) is 0 Å². The molecule has 0 aromatic carbocycles. The molecule has 3 fully saturated rings. The molecule has 0 radical (unpaired) electrons. The first-order valence-corrected chi connectivity index (χ1v) is 6.59. The van der Waals surface area contributed by atoms with E-state index in [0.717, 1.165) is 29.8 Å². The molecule has 0 aromatic rings. The monoisotopic (exact) mass is 193 g/mol. The number of hydrogen-bond donors (Lipinski definition) is 1. The van der Waals surface area contributed by atoms with Crippen molar-refractivity contribution >= 4 is 0 Å². The molecule has 3 saturated carbocycles. The molecule has 2 bridgehead atoms. The Morgan fingerprint density at radius 3 is 2.43 bits per heavy atom. The van der Waals surface area contributed by atoms with E-state index >= 15 is 0 Å². The van der Waals surface area contributed by atoms with Gasteiger partial charge in [-0.3, -0.25) is 0 Å². The van der Waals surface area contributed by atoms with Crippen LogP contribution in [0, 0.1) is 17.8 Å². The SMILES string of the molecule is C[C@@H](NC1CCC1)[C@@H]1C[C@@H]2CC[C@@H]1C2. The highest BCUT2D eigenvalue weighted by Gasteiger charge is 2.42. The van der Waals surface area contributed by atoms with Crippen molar-refractivity contribution in [1.82, 2.24) is 5.32 Å². The Balaban J connectivity index is 1.54. The van der Waals surface area contributed by atoms with Crippen molar-refractivity contribution in [1.29, 1.82) is 0 Å². The van der Waals surface area contributed by atoms with Crippen LogP contribution in [0.15, 0.2) is 0 Å². The second-order valence-electron chi connectivity index (χ2n) is 5.92. The summed E-state index contributed by atoms with van der Waals surface area (Å²) in [6.07, 6.45) is 10.5. The average molecular weight is 193 g/mol. The quantitative estimate of drug-likeness (QED) is 0.726. The van der Waals surface area contributed by atoms with Gasteiger partial charge in [0.1, 0.15) is 0 Å². The number of nitrogens with one attached hydrogen (secondary N) is 1. The van der Waals surface area contributed by atoms with E-state index in [-0.39, 0.29) is 0 Å². The van der Waals surface area contributed by atoms with Gasteiger partial charge in [-0.1, -0.05) is 12.8 Å². The van der Waals surface area contributed by atoms with Crippen molar-refractivity contribution < 1.29 is 0 Å². The highest BCUT2D eigenvalue weighted by molar-refractivity contribution is 4.95. The molecule has 3 aliphatic carbocycles. The summed E-state index contributed by atoms with van der Waals surface area (Å²) in [5, 5.41) is 3.84. The minimum Gasteiger partial charge on any atom is -0.311 e. The van der Waals surface area contributed by atoms with Crippen LogP contribution in [0.4, 0.5) is 0 Å². The zero-order valence-electron chi connectivity index (χ0n) is 9.34. The van der Waals surface area contributed by atoms with E-state index in [1.807, 2.05) is 0 Å². The minimum absolute atomic E-state index is 0.801. The lowest BCUT2D eigenvalue weighted by atomic mass is 9.82. The molecule has 1 N–H and O–H groups in total. The molecular formula is C13H23N. The zero-order valence-corrected chi connectivity index (χ0v) is 9.34. The van der Waals surface area contributed by atoms with Gasteiger partial charge in [0, 0.05) is 12.1 Å². The Bertz CT molecular complexity index is 209. The largest absolute Gasteiger partial charge is 0.311 e. The molecular weight excluding hydrogens is 170 g/mol. The number of rotatable bonds is 3. The molecule has 3 rings (SSSR count). The van der Waals surface area contributed by atoms with Gasteiger partial charge in [0.05, 0.1) is 0 Å². The van der Waals surface area contributed by atoms with Gasteiger partial charge in [0.2, 0.25) is 0 Å². The third kappa shape index (κ3) is 1.50. The summed E-state index contributed by atoms with van der Waals surface area (Å²) < 4.78 is 0. The fourth-order valence-corrected chi connectivity index (χ4v) is 3.98. The van der Waals surface area contributed by atoms with Crippen molar-refractivity contribution in [3.8, 4) is 0 Å². The summed E-state index contributed by atoms with van der Waals surface area (Å²) in [5.41, 5.74) is 0. The molecule has 0 heterocycles. The first kappa shape index (κ1) is 9.21. The molecule has 0 spiro atoms. The standard InChI is InChI=1S/C13H23N/c1-9(14-12-3-2-4-12)13-8-10-5-6-11(13)7-10/h9-14H,2-8H2,1H3/t9-,10-,11-,13+/m1/s1. The molecule has 0 unspecified atom stereocenters. The molecule has 14 heavy (non-hydrogen) atoms. The Morgan fingerprint density at radius 1 is 1.07 bits per heavy atom. The predicted octanol–water partition coefficient (Wildman–Crippen LogP) is 2.95. The maximum absolute atomic E-state index is 3.84. The van der Waals surface area contributed by atoms with E-state index in [1.54, 1.807) is 6.42 Å². The average Bonchev–Trinajstić information content (AvgIpc) is 2.71. The topological polar surface area (TPSA) is 12.0 Å². The molecule has 0 aromatic heterocycles. The maximum atomic E-state index is 3.84. The van der Waals surface area contributed by atoms with Gasteiger partial charge in [0.25, 0.3) is 0 Å². The van der Waals surface area contributed by atoms with E-state index in [1.165, 1.54) is 38.5 Å². The van der Waals surface area contributed by atoms with Gasteiger partial charge < -0.3 is 5.32 Å². The van der Waals surface area contributed by atoms with E-state index in [2.05, 4.69) is 12.2 Å². The first-order valence-electron chi connectivity index (χ1n) is 6.59. The lowest BCUT2D eigenvalue weighted by molar-refractivity contribution is 0.214. The van der Waals surface area contributed by atoms with E-state index in [9.17, 15) is 0 Å². The zero-order chi connectivity index (χ0) is 9.54. The van der Waals surface area contributed by atoms with Gasteiger partial charge in [-0.05, 0) is 56.8 Å². The van der Waals surface area contributed by atoms with Gasteiger partial charge >= 0.3 is 0 Å². The van der Waals surface area contributed by atoms with Crippen LogP contribution in [0.1, 0.15) is 51.9 Å². The summed E-state index contributed by atoms with van der Waals surface area (Å²) in [5.74, 6) is 3.22. The molecule has 4 atom stereocenters. The van der Waals surface area contributed by atoms with E-state index < -0.39 is 0 Å². The van der Waals surface area contributed by atoms with Gasteiger partial charge in [0.15, 0.2) is 0 Å². The van der Waals surface area contributed by atoms with Crippen LogP contribution < -0.4 is 5.32 Å². The van der Waals surface area contributed by atoms with Crippen LogP contribution in [0.2, 0.25) is 0 Å². The molecule has 0 saturated heterocycles. The lowest BCUT2D eigenvalue weighted by Crippen LogP contribution is -2.45. The molecule has 0 amide bonds. The van der Waals surface area contributed by atoms with E-state index in [4.69, 9.17) is 0 Å². The fraction of sp³-hybridized carbons (Fsp3) is 1.00. The van der Waals surface area contributed by atoms with Crippen molar-refractivity contribution in [2.24, 2.45) is 17.8 Å². The highest BCUT2D eigenvalue weighted by atomic mass is 15.0. The summed E-state index contributed by atoms with van der Waals surface area (Å²) >= 11 is 0. The smallest absolute Gasteiger partial charge is 0.00723 e. The second kappa shape index (κ2) is 3.52. The maximum Gasteiger partial charge on any atom is 0.00723 e. The van der Waals surface area contributed by atoms with Crippen molar-refractivity contribution in [2.75, 3.05) is 0 Å². The minimum atomic E-state index is 0.801. The number of fused-ring (bicyclic) bond motifs is 2. The van der Waals surface area contributed by atoms with E-state index in [0.29, 0.717) is 0 Å². The molecule has 1 nitrogen and oxygen atoms in total. The first-order chi connectivity index (χ1) is 6.83. The summed E-state index contributed by atoms with van der Waals surface area (Å²) in [4.78, 5) is 0. The third-order valence-electron chi connectivity index (χ3n) is 5.04. The second-order valence-corrected chi connectivity index (χ2v) is 5.92. The Morgan fingerprint density at radius 2 is 1.93 bits per heavy atom. The van der Waals surface area contributed by atoms with Gasteiger partial charge in [-0.25, -0.2) is 0 Å². The Hall–Kier alpha value is -0.0400. The summed E-state index contributed by atoms with van der Waals surface area (Å²) in [6.45, 7) is 2.43. The van der Waals surface area contributed by atoms with Crippen LogP contribution in [0.5, 0.6) is 0 Å². The van der Waals surface area contributed by atoms with Crippen molar-refractivity contribution in [2.45, 2.75) is 64.0 Å². The summed E-state index contributed by atoms with van der Waals surface area (Å²) in [6, 6.07) is 1.68. The van der Waals surface area contributed by atoms with Crippen LogP contribution in [0.25, 0.3) is 0 Å². The molecule has 3 aliphatic rings. The van der Waals surface area contributed by atoms with Gasteiger partial charge in [-0.15, -0.1) is 0 Å². The van der Waals surface area contributed by atoms with Gasteiger partial charge in [-0.2, -0.15) is 0 Å². The predicted molar refractivity (Wildman–Crippen MR) is 59.2 cm³/mol. The Kier molecular flexibility index (Phi) is 2.31. The van der Waals surface area contributed by atoms with Crippen molar-refractivity contribution in [3.63, 3.8) is 0 Å². The number of hydrogen-bond acceptors (Lipinski definition) is 1. The summed E-state index contributed by atoms with van der Waals surface area (Å²) in [7, 11) is 0. The normalized spacial score (nSPS) is 43.9.